The summed E-state index contributed by atoms with van der Waals surface area (Å²) >= 11 is 7.34. The molecule has 0 unspecified atom stereocenters. The highest BCUT2D eigenvalue weighted by molar-refractivity contribution is 7.12. The molecule has 2 aromatic carbocycles. The number of aromatic nitrogens is 2. The van der Waals surface area contributed by atoms with Crippen LogP contribution < -0.4 is 0 Å². The van der Waals surface area contributed by atoms with Gasteiger partial charge in [0.05, 0.1) is 16.3 Å². The molecule has 27 heavy (non-hydrogen) atoms. The van der Waals surface area contributed by atoms with E-state index in [1.165, 1.54) is 11.3 Å². The van der Waals surface area contributed by atoms with Crippen LogP contribution in [0.25, 0.3) is 16.9 Å². The van der Waals surface area contributed by atoms with Gasteiger partial charge in [-0.05, 0) is 35.7 Å². The fourth-order valence-corrected chi connectivity index (χ4v) is 3.63. The Kier molecular flexibility index (Phi) is 4.59. The minimum absolute atomic E-state index is 0.147. The zero-order valence-electron chi connectivity index (χ0n) is 14.0. The standard InChI is InChI=1S/C21H12ClN3OS/c22-15-10-8-14(9-11-15)20-17(13-23)19(21(26)18-7-4-12-27-18)24-25(20)16-5-2-1-3-6-16/h1-12H. The quantitative estimate of drug-likeness (QED) is 0.441. The third kappa shape index (κ3) is 3.17. The summed E-state index contributed by atoms with van der Waals surface area (Å²) in [4.78, 5) is 13.5. The van der Waals surface area contributed by atoms with Gasteiger partial charge in [-0.15, -0.1) is 11.3 Å². The van der Waals surface area contributed by atoms with Crippen molar-refractivity contribution in [3.8, 4) is 23.0 Å². The fraction of sp³-hybridized carbons (Fsp3) is 0. The van der Waals surface area contributed by atoms with Crippen LogP contribution in [0.1, 0.15) is 20.9 Å². The van der Waals surface area contributed by atoms with Crippen molar-refractivity contribution in [2.45, 2.75) is 0 Å². The number of rotatable bonds is 4. The van der Waals surface area contributed by atoms with Crippen molar-refractivity contribution in [1.82, 2.24) is 9.78 Å². The molecule has 0 saturated carbocycles. The summed E-state index contributed by atoms with van der Waals surface area (Å²) in [6, 6.07) is 22.3. The molecule has 4 aromatic rings. The molecule has 2 heterocycles. The van der Waals surface area contributed by atoms with E-state index in [-0.39, 0.29) is 17.0 Å². The minimum atomic E-state index is -0.258. The third-order valence-electron chi connectivity index (χ3n) is 4.08. The lowest BCUT2D eigenvalue weighted by molar-refractivity contribution is 0.103. The van der Waals surface area contributed by atoms with E-state index in [9.17, 15) is 10.1 Å². The summed E-state index contributed by atoms with van der Waals surface area (Å²) in [6.07, 6.45) is 0. The van der Waals surface area contributed by atoms with Crippen molar-refractivity contribution >= 4 is 28.7 Å². The van der Waals surface area contributed by atoms with Crippen molar-refractivity contribution in [2.24, 2.45) is 0 Å². The lowest BCUT2D eigenvalue weighted by Crippen LogP contribution is -2.03. The van der Waals surface area contributed by atoms with Crippen LogP contribution in [0.2, 0.25) is 5.02 Å². The highest BCUT2D eigenvalue weighted by atomic mass is 35.5. The predicted molar refractivity (Wildman–Crippen MR) is 106 cm³/mol. The SMILES string of the molecule is N#Cc1c(C(=O)c2cccs2)nn(-c2ccccc2)c1-c1ccc(Cl)cc1. The molecule has 0 aliphatic carbocycles. The van der Waals surface area contributed by atoms with Crippen LogP contribution in [0.4, 0.5) is 0 Å². The van der Waals surface area contributed by atoms with E-state index in [1.54, 1.807) is 28.9 Å². The number of halogens is 1. The number of carbonyl (C=O) groups is 1. The third-order valence-corrected chi connectivity index (χ3v) is 5.20. The first-order valence-electron chi connectivity index (χ1n) is 8.11. The summed E-state index contributed by atoms with van der Waals surface area (Å²) in [5.74, 6) is -0.258. The van der Waals surface area contributed by atoms with E-state index < -0.39 is 0 Å². The Hall–Kier alpha value is -3.20. The smallest absolute Gasteiger partial charge is 0.224 e. The summed E-state index contributed by atoms with van der Waals surface area (Å²) in [6.45, 7) is 0. The van der Waals surface area contributed by atoms with E-state index in [4.69, 9.17) is 11.6 Å². The number of nitriles is 1. The van der Waals surface area contributed by atoms with Crippen LogP contribution in [0.5, 0.6) is 0 Å². The molecule has 0 radical (unpaired) electrons. The van der Waals surface area contributed by atoms with Gasteiger partial charge in [0, 0.05) is 10.6 Å². The number of carbonyl (C=O) groups excluding carboxylic acids is 1. The largest absolute Gasteiger partial charge is 0.286 e. The molecule has 130 valence electrons. The molecule has 0 aliphatic heterocycles. The molecule has 0 fully saturated rings. The Morgan fingerprint density at radius 3 is 2.41 bits per heavy atom. The van der Waals surface area contributed by atoms with Gasteiger partial charge in [-0.1, -0.05) is 48.0 Å². The molecule has 4 rings (SSSR count). The van der Waals surface area contributed by atoms with Gasteiger partial charge in [-0.3, -0.25) is 4.79 Å². The summed E-state index contributed by atoms with van der Waals surface area (Å²) in [5.41, 5.74) is 2.50. The molecular formula is C21H12ClN3OS. The second-order valence-corrected chi connectivity index (χ2v) is 7.13. The second kappa shape index (κ2) is 7.20. The molecule has 0 amide bonds. The van der Waals surface area contributed by atoms with E-state index in [0.717, 1.165) is 11.3 Å². The summed E-state index contributed by atoms with van der Waals surface area (Å²) in [5, 5.41) is 16.8. The van der Waals surface area contributed by atoms with Crippen LogP contribution in [0, 0.1) is 11.3 Å². The average molecular weight is 390 g/mol. The maximum atomic E-state index is 12.9. The van der Waals surface area contributed by atoms with E-state index in [1.807, 2.05) is 47.8 Å². The van der Waals surface area contributed by atoms with E-state index in [2.05, 4.69) is 11.2 Å². The van der Waals surface area contributed by atoms with Crippen LogP contribution >= 0.6 is 22.9 Å². The van der Waals surface area contributed by atoms with Gasteiger partial charge in [0.25, 0.3) is 0 Å². The van der Waals surface area contributed by atoms with Gasteiger partial charge in [0.2, 0.25) is 5.78 Å². The highest BCUT2D eigenvalue weighted by Crippen LogP contribution is 2.31. The molecule has 2 aromatic heterocycles. The van der Waals surface area contributed by atoms with E-state index >= 15 is 0 Å². The number of para-hydroxylation sites is 1. The van der Waals surface area contributed by atoms with Crippen molar-refractivity contribution in [3.63, 3.8) is 0 Å². The minimum Gasteiger partial charge on any atom is -0.286 e. The number of ketones is 1. The molecule has 0 spiro atoms. The molecule has 6 heteroatoms. The van der Waals surface area contributed by atoms with Crippen LogP contribution in [0.3, 0.4) is 0 Å². The van der Waals surface area contributed by atoms with Crippen molar-refractivity contribution < 1.29 is 4.79 Å². The number of thiophene rings is 1. The summed E-state index contributed by atoms with van der Waals surface area (Å²) < 4.78 is 1.64. The maximum absolute atomic E-state index is 12.9. The number of nitrogens with zero attached hydrogens (tertiary/aromatic N) is 3. The van der Waals surface area contributed by atoms with E-state index in [0.29, 0.717) is 15.6 Å². The van der Waals surface area contributed by atoms with Gasteiger partial charge in [0.15, 0.2) is 5.69 Å². The first-order valence-corrected chi connectivity index (χ1v) is 9.37. The normalized spacial score (nSPS) is 10.5. The molecule has 0 bridgehead atoms. The lowest BCUT2D eigenvalue weighted by Gasteiger charge is -2.08. The van der Waals surface area contributed by atoms with Crippen LogP contribution in [-0.4, -0.2) is 15.6 Å². The van der Waals surface area contributed by atoms with Crippen molar-refractivity contribution in [2.75, 3.05) is 0 Å². The zero-order chi connectivity index (χ0) is 18.8. The zero-order valence-corrected chi connectivity index (χ0v) is 15.5. The summed E-state index contributed by atoms with van der Waals surface area (Å²) in [7, 11) is 0. The topological polar surface area (TPSA) is 58.7 Å². The second-order valence-electron chi connectivity index (χ2n) is 5.74. The Morgan fingerprint density at radius 2 is 1.78 bits per heavy atom. The van der Waals surface area contributed by atoms with Crippen LogP contribution in [-0.2, 0) is 0 Å². The highest BCUT2D eigenvalue weighted by Gasteiger charge is 2.26. The molecule has 4 nitrogen and oxygen atoms in total. The molecular weight excluding hydrogens is 378 g/mol. The van der Waals surface area contributed by atoms with Gasteiger partial charge in [-0.2, -0.15) is 10.4 Å². The number of hydrogen-bond donors (Lipinski definition) is 0. The monoisotopic (exact) mass is 389 g/mol. The maximum Gasteiger partial charge on any atom is 0.224 e. The van der Waals surface area contributed by atoms with Crippen LogP contribution in [0.15, 0.2) is 72.1 Å². The Labute approximate surface area is 164 Å². The van der Waals surface area contributed by atoms with Crippen molar-refractivity contribution in [1.29, 1.82) is 5.26 Å². The first kappa shape index (κ1) is 17.2. The van der Waals surface area contributed by atoms with Gasteiger partial charge in [0.1, 0.15) is 11.6 Å². The molecule has 0 atom stereocenters. The molecule has 0 N–H and O–H groups in total. The average Bonchev–Trinajstić information content (AvgIpc) is 3.37. The molecule has 0 aliphatic rings. The Bertz CT molecular complexity index is 1140. The number of hydrogen-bond acceptors (Lipinski definition) is 4. The molecule has 0 saturated heterocycles. The first-order chi connectivity index (χ1) is 13.2. The predicted octanol–water partition coefficient (Wildman–Crippen LogP) is 5.36. The number of benzene rings is 2. The Balaban J connectivity index is 1.99. The van der Waals surface area contributed by atoms with Gasteiger partial charge in [-0.25, -0.2) is 4.68 Å². The van der Waals surface area contributed by atoms with Gasteiger partial charge >= 0.3 is 0 Å². The lowest BCUT2D eigenvalue weighted by atomic mass is 10.0. The van der Waals surface area contributed by atoms with Crippen molar-refractivity contribution in [3.05, 3.63) is 93.3 Å². The van der Waals surface area contributed by atoms with Gasteiger partial charge < -0.3 is 0 Å². The Morgan fingerprint density at radius 1 is 1.04 bits per heavy atom. The fourth-order valence-electron chi connectivity index (χ4n) is 2.84.